The average molecular weight is 269 g/mol. The lowest BCUT2D eigenvalue weighted by atomic mass is 10.0. The van der Waals surface area contributed by atoms with Crippen LogP contribution in [0.4, 0.5) is 0 Å². The molecular formula is C10H11N3O4S. The molecule has 7 nitrogen and oxygen atoms in total. The second-order valence-corrected chi connectivity index (χ2v) is 5.03. The van der Waals surface area contributed by atoms with Gasteiger partial charge in [0.15, 0.2) is 0 Å². The normalized spacial score (nSPS) is 23.2. The van der Waals surface area contributed by atoms with Gasteiger partial charge in [-0.2, -0.15) is 8.42 Å². The van der Waals surface area contributed by atoms with E-state index in [2.05, 4.69) is 14.2 Å². The van der Waals surface area contributed by atoms with E-state index in [4.69, 9.17) is 9.71 Å². The van der Waals surface area contributed by atoms with Crippen molar-refractivity contribution in [3.05, 3.63) is 46.3 Å². The molecule has 2 atom stereocenters. The van der Waals surface area contributed by atoms with E-state index >= 15 is 0 Å². The van der Waals surface area contributed by atoms with Crippen molar-refractivity contribution in [3.63, 3.8) is 0 Å². The van der Waals surface area contributed by atoms with Gasteiger partial charge in [-0.05, 0) is 17.5 Å². The first-order valence-corrected chi connectivity index (χ1v) is 6.60. The number of benzene rings is 1. The first-order valence-electron chi connectivity index (χ1n) is 5.26. The molecule has 1 aromatic rings. The van der Waals surface area contributed by atoms with Crippen LogP contribution in [0, 0.1) is 0 Å². The Balaban J connectivity index is 2.12. The molecular weight excluding hydrogens is 258 g/mol. The molecule has 0 bridgehead atoms. The summed E-state index contributed by atoms with van der Waals surface area (Å²) in [5.74, 6) is 0. The van der Waals surface area contributed by atoms with Crippen molar-refractivity contribution in [2.24, 2.45) is 5.11 Å². The Morgan fingerprint density at radius 1 is 1.44 bits per heavy atom. The molecule has 1 aliphatic rings. The summed E-state index contributed by atoms with van der Waals surface area (Å²) in [6.07, 6.45) is -0.375. The molecule has 8 heteroatoms. The zero-order valence-electron chi connectivity index (χ0n) is 9.34. The van der Waals surface area contributed by atoms with Crippen LogP contribution in [0.25, 0.3) is 10.4 Å². The highest BCUT2D eigenvalue weighted by atomic mass is 32.3. The first kappa shape index (κ1) is 12.8. The Hall–Kier alpha value is -1.60. The molecule has 1 aromatic carbocycles. The van der Waals surface area contributed by atoms with Crippen LogP contribution in [0.1, 0.15) is 5.56 Å². The summed E-state index contributed by atoms with van der Waals surface area (Å²) in [6.45, 7) is -0.126. The Morgan fingerprint density at radius 2 is 2.17 bits per heavy atom. The number of rotatable bonds is 4. The van der Waals surface area contributed by atoms with Crippen LogP contribution in [0.15, 0.2) is 35.4 Å². The number of hydrogen-bond donors (Lipinski definition) is 0. The second-order valence-electron chi connectivity index (χ2n) is 3.79. The van der Waals surface area contributed by atoms with Gasteiger partial charge in [-0.3, -0.25) is 0 Å². The minimum atomic E-state index is -3.93. The van der Waals surface area contributed by atoms with E-state index in [1.165, 1.54) is 0 Å². The third kappa shape index (κ3) is 3.21. The number of hydrogen-bond acceptors (Lipinski definition) is 5. The van der Waals surface area contributed by atoms with E-state index in [1.807, 2.05) is 30.3 Å². The first-order chi connectivity index (χ1) is 8.61. The quantitative estimate of drug-likeness (QED) is 0.470. The van der Waals surface area contributed by atoms with E-state index < -0.39 is 22.5 Å². The van der Waals surface area contributed by atoms with E-state index in [0.29, 0.717) is 6.42 Å². The maximum Gasteiger partial charge on any atom is 0.400 e. The zero-order valence-corrected chi connectivity index (χ0v) is 10.2. The molecule has 0 aromatic heterocycles. The van der Waals surface area contributed by atoms with Gasteiger partial charge in [0.25, 0.3) is 0 Å². The minimum Gasteiger partial charge on any atom is -0.245 e. The molecule has 0 spiro atoms. The predicted molar refractivity (Wildman–Crippen MR) is 62.8 cm³/mol. The van der Waals surface area contributed by atoms with Gasteiger partial charge in [0.1, 0.15) is 6.10 Å². The van der Waals surface area contributed by atoms with Crippen molar-refractivity contribution < 1.29 is 16.8 Å². The highest BCUT2D eigenvalue weighted by Gasteiger charge is 2.35. The van der Waals surface area contributed by atoms with Gasteiger partial charge in [0, 0.05) is 4.91 Å². The second kappa shape index (κ2) is 5.36. The van der Waals surface area contributed by atoms with E-state index in [1.54, 1.807) is 0 Å². The summed E-state index contributed by atoms with van der Waals surface area (Å²) >= 11 is 0. The monoisotopic (exact) mass is 269 g/mol. The molecule has 1 fully saturated rings. The third-order valence-corrected chi connectivity index (χ3v) is 3.44. The van der Waals surface area contributed by atoms with Crippen molar-refractivity contribution >= 4 is 10.4 Å². The van der Waals surface area contributed by atoms with Crippen LogP contribution in [-0.4, -0.2) is 27.2 Å². The largest absolute Gasteiger partial charge is 0.400 e. The Kier molecular flexibility index (Phi) is 3.83. The smallest absolute Gasteiger partial charge is 0.245 e. The predicted octanol–water partition coefficient (Wildman–Crippen LogP) is 1.57. The summed E-state index contributed by atoms with van der Waals surface area (Å²) in [4.78, 5) is 2.72. The maximum atomic E-state index is 11.0. The lowest BCUT2D eigenvalue weighted by Crippen LogP contribution is -2.28. The molecule has 0 radical (unpaired) electrons. The van der Waals surface area contributed by atoms with Gasteiger partial charge in [-0.25, -0.2) is 8.37 Å². The molecule has 96 valence electrons. The summed E-state index contributed by atoms with van der Waals surface area (Å²) < 4.78 is 31.3. The van der Waals surface area contributed by atoms with Crippen molar-refractivity contribution in [3.8, 4) is 0 Å². The maximum absolute atomic E-state index is 11.0. The third-order valence-electron chi connectivity index (χ3n) is 2.53. The molecule has 0 saturated carbocycles. The van der Waals surface area contributed by atoms with Crippen molar-refractivity contribution in [1.82, 2.24) is 0 Å². The molecule has 0 aliphatic carbocycles. The molecule has 1 aliphatic heterocycles. The van der Waals surface area contributed by atoms with Gasteiger partial charge < -0.3 is 0 Å². The van der Waals surface area contributed by atoms with Crippen LogP contribution >= 0.6 is 0 Å². The van der Waals surface area contributed by atoms with Gasteiger partial charge >= 0.3 is 10.4 Å². The van der Waals surface area contributed by atoms with Crippen LogP contribution in [0.3, 0.4) is 0 Å². The highest BCUT2D eigenvalue weighted by molar-refractivity contribution is 7.82. The fraction of sp³-hybridized carbons (Fsp3) is 0.400. The van der Waals surface area contributed by atoms with Gasteiger partial charge in [-0.15, -0.1) is 0 Å². The van der Waals surface area contributed by atoms with Crippen LogP contribution < -0.4 is 0 Å². The molecule has 1 heterocycles. The molecule has 2 rings (SSSR count). The van der Waals surface area contributed by atoms with Crippen LogP contribution in [0.5, 0.6) is 0 Å². The lowest BCUT2D eigenvalue weighted by Gasteiger charge is -2.14. The van der Waals surface area contributed by atoms with E-state index in [-0.39, 0.29) is 6.61 Å². The minimum absolute atomic E-state index is 0.126. The van der Waals surface area contributed by atoms with Gasteiger partial charge in [-0.1, -0.05) is 35.4 Å². The zero-order chi connectivity index (χ0) is 13.0. The fourth-order valence-electron chi connectivity index (χ4n) is 1.70. The van der Waals surface area contributed by atoms with E-state index in [9.17, 15) is 8.42 Å². The molecule has 0 N–H and O–H groups in total. The van der Waals surface area contributed by atoms with Gasteiger partial charge in [0.2, 0.25) is 0 Å². The Labute approximate surface area is 104 Å². The fourth-order valence-corrected chi connectivity index (χ4v) is 2.54. The van der Waals surface area contributed by atoms with Crippen LogP contribution in [0.2, 0.25) is 0 Å². The molecule has 0 unspecified atom stereocenters. The van der Waals surface area contributed by atoms with Crippen LogP contribution in [-0.2, 0) is 25.2 Å². The van der Waals surface area contributed by atoms with E-state index in [0.717, 1.165) is 5.56 Å². The Bertz CT molecular complexity index is 554. The number of nitrogens with zero attached hydrogens (tertiary/aromatic N) is 3. The molecule has 0 amide bonds. The molecule has 1 saturated heterocycles. The van der Waals surface area contributed by atoms with Crippen molar-refractivity contribution in [2.75, 3.05) is 6.61 Å². The van der Waals surface area contributed by atoms with Crippen molar-refractivity contribution in [2.45, 2.75) is 18.6 Å². The summed E-state index contributed by atoms with van der Waals surface area (Å²) in [7, 11) is -3.93. The molecule has 18 heavy (non-hydrogen) atoms. The van der Waals surface area contributed by atoms with Gasteiger partial charge in [0.05, 0.1) is 12.6 Å². The lowest BCUT2D eigenvalue weighted by molar-refractivity contribution is 0.200. The SMILES string of the molecule is [N-]=[N+]=N[C@@H](Cc1ccccc1)[C@H]1COS(=O)(=O)O1. The summed E-state index contributed by atoms with van der Waals surface area (Å²) in [6, 6.07) is 8.69. The van der Waals surface area contributed by atoms with Crippen molar-refractivity contribution in [1.29, 1.82) is 0 Å². The average Bonchev–Trinajstić information content (AvgIpc) is 2.70. The standard InChI is InChI=1S/C10H11N3O4S/c11-13-12-9(6-8-4-2-1-3-5-8)10-7-16-18(14,15)17-10/h1-5,9-10H,6-7H2/t9-,10+/m0/s1. The topological polar surface area (TPSA) is 101 Å². The summed E-state index contributed by atoms with van der Waals surface area (Å²) in [5.41, 5.74) is 9.45. The Morgan fingerprint density at radius 3 is 2.72 bits per heavy atom. The number of azide groups is 1. The highest BCUT2D eigenvalue weighted by Crippen LogP contribution is 2.20. The summed E-state index contributed by atoms with van der Waals surface area (Å²) in [5, 5.41) is 3.58.